The lowest BCUT2D eigenvalue weighted by Gasteiger charge is -2.21. The topological polar surface area (TPSA) is 54.0 Å². The minimum atomic E-state index is -0.250. The number of benzene rings is 2. The van der Waals surface area contributed by atoms with Gasteiger partial charge in [-0.05, 0) is 49.0 Å². The van der Waals surface area contributed by atoms with E-state index >= 15 is 0 Å². The molecular weight excluding hydrogens is 313 g/mol. The molecule has 1 saturated heterocycles. The summed E-state index contributed by atoms with van der Waals surface area (Å²) >= 11 is 1.44. The van der Waals surface area contributed by atoms with E-state index in [1.54, 1.807) is 6.07 Å². The normalized spacial score (nSPS) is 18.4. The molecule has 0 aliphatic carbocycles. The second-order valence-electron chi connectivity index (χ2n) is 5.83. The first-order valence-electron chi connectivity index (χ1n) is 7.71. The van der Waals surface area contributed by atoms with E-state index in [0.717, 1.165) is 46.9 Å². The van der Waals surface area contributed by atoms with Crippen LogP contribution in [0.15, 0.2) is 30.3 Å². The predicted molar refractivity (Wildman–Crippen MR) is 91.3 cm³/mol. The molecule has 4 rings (SSSR count). The number of amides is 1. The summed E-state index contributed by atoms with van der Waals surface area (Å²) in [6, 6.07) is 8.46. The smallest absolute Gasteiger partial charge is 0.230 e. The number of rotatable bonds is 2. The van der Waals surface area contributed by atoms with Gasteiger partial charge >= 0.3 is 0 Å². The number of thiazole rings is 1. The fourth-order valence-electron chi connectivity index (χ4n) is 3.02. The van der Waals surface area contributed by atoms with Crippen molar-refractivity contribution in [3.05, 3.63) is 36.1 Å². The molecule has 1 unspecified atom stereocenters. The molecule has 1 fully saturated rings. The van der Waals surface area contributed by atoms with Gasteiger partial charge in [-0.15, -0.1) is 0 Å². The second kappa shape index (κ2) is 5.86. The third kappa shape index (κ3) is 2.80. The lowest BCUT2D eigenvalue weighted by atomic mass is 9.99. The van der Waals surface area contributed by atoms with Crippen molar-refractivity contribution in [2.45, 2.75) is 12.8 Å². The molecule has 23 heavy (non-hydrogen) atoms. The maximum absolute atomic E-state index is 13.3. The van der Waals surface area contributed by atoms with E-state index < -0.39 is 0 Å². The number of carbonyl (C=O) groups is 1. The van der Waals surface area contributed by atoms with Crippen molar-refractivity contribution in [1.82, 2.24) is 10.3 Å². The van der Waals surface area contributed by atoms with Crippen LogP contribution in [0.25, 0.3) is 21.0 Å². The first kappa shape index (κ1) is 14.5. The minimum Gasteiger partial charge on any atom is -0.316 e. The van der Waals surface area contributed by atoms with Crippen LogP contribution in [-0.4, -0.2) is 24.0 Å². The molecule has 1 amide bonds. The number of halogens is 1. The maximum atomic E-state index is 13.3. The molecule has 1 aromatic heterocycles. The van der Waals surface area contributed by atoms with Crippen molar-refractivity contribution < 1.29 is 9.18 Å². The monoisotopic (exact) mass is 329 g/mol. The number of aromatic nitrogens is 1. The summed E-state index contributed by atoms with van der Waals surface area (Å²) < 4.78 is 14.3. The largest absolute Gasteiger partial charge is 0.316 e. The highest BCUT2D eigenvalue weighted by Gasteiger charge is 2.22. The zero-order chi connectivity index (χ0) is 15.8. The summed E-state index contributed by atoms with van der Waals surface area (Å²) in [4.78, 5) is 16.8. The molecule has 6 heteroatoms. The van der Waals surface area contributed by atoms with E-state index in [2.05, 4.69) is 15.6 Å². The minimum absolute atomic E-state index is 0.00148. The second-order valence-corrected chi connectivity index (χ2v) is 6.83. The Hall–Kier alpha value is -2.05. The molecule has 118 valence electrons. The van der Waals surface area contributed by atoms with Crippen molar-refractivity contribution in [2.24, 2.45) is 5.92 Å². The highest BCUT2D eigenvalue weighted by molar-refractivity contribution is 7.23. The molecule has 4 nitrogen and oxygen atoms in total. The van der Waals surface area contributed by atoms with Gasteiger partial charge in [0.25, 0.3) is 0 Å². The standard InChI is InChI=1S/C17H16FN3OS/c18-12-4-5-13-10(8-12)3-6-14-15(13)23-17(20-14)21-16(22)11-2-1-7-19-9-11/h3-6,8,11,19H,1-2,7,9H2,(H,20,21,22). The van der Waals surface area contributed by atoms with E-state index in [4.69, 9.17) is 0 Å². The summed E-state index contributed by atoms with van der Waals surface area (Å²) in [5, 5.41) is 8.58. The molecular formula is C17H16FN3OS. The number of nitrogens with zero attached hydrogens (tertiary/aromatic N) is 1. The zero-order valence-corrected chi connectivity index (χ0v) is 13.3. The maximum Gasteiger partial charge on any atom is 0.230 e. The average Bonchev–Trinajstić information content (AvgIpc) is 2.98. The Morgan fingerprint density at radius 2 is 2.26 bits per heavy atom. The van der Waals surface area contributed by atoms with Gasteiger partial charge in [-0.2, -0.15) is 0 Å². The summed E-state index contributed by atoms with van der Waals surface area (Å²) in [5.41, 5.74) is 0.825. The van der Waals surface area contributed by atoms with Crippen LogP contribution in [0, 0.1) is 11.7 Å². The van der Waals surface area contributed by atoms with Crippen LogP contribution in [0.5, 0.6) is 0 Å². The van der Waals surface area contributed by atoms with Crippen LogP contribution in [0.3, 0.4) is 0 Å². The van der Waals surface area contributed by atoms with Crippen molar-refractivity contribution in [1.29, 1.82) is 0 Å². The molecule has 1 aliphatic rings. The summed E-state index contributed by atoms with van der Waals surface area (Å²) in [6.07, 6.45) is 1.93. The van der Waals surface area contributed by atoms with Crippen molar-refractivity contribution in [3.63, 3.8) is 0 Å². The Morgan fingerprint density at radius 1 is 1.35 bits per heavy atom. The first-order valence-corrected chi connectivity index (χ1v) is 8.53. The van der Waals surface area contributed by atoms with Crippen LogP contribution < -0.4 is 10.6 Å². The van der Waals surface area contributed by atoms with Crippen LogP contribution in [0.2, 0.25) is 0 Å². The Balaban J connectivity index is 1.66. The molecule has 2 heterocycles. The van der Waals surface area contributed by atoms with E-state index in [-0.39, 0.29) is 17.6 Å². The van der Waals surface area contributed by atoms with E-state index in [9.17, 15) is 9.18 Å². The van der Waals surface area contributed by atoms with Crippen molar-refractivity contribution in [2.75, 3.05) is 18.4 Å². The Bertz CT molecular complexity index is 886. The zero-order valence-electron chi connectivity index (χ0n) is 12.4. The molecule has 3 aromatic rings. The summed E-state index contributed by atoms with van der Waals surface area (Å²) in [6.45, 7) is 1.70. The Labute approximate surface area is 136 Å². The molecule has 0 bridgehead atoms. The quantitative estimate of drug-likeness (QED) is 0.756. The van der Waals surface area contributed by atoms with Crippen LogP contribution in [-0.2, 0) is 4.79 Å². The number of hydrogen-bond acceptors (Lipinski definition) is 4. The fraction of sp³-hybridized carbons (Fsp3) is 0.294. The van der Waals surface area contributed by atoms with Crippen LogP contribution in [0.1, 0.15) is 12.8 Å². The SMILES string of the molecule is O=C(Nc1nc2ccc3cc(F)ccc3c2s1)C1CCCNC1. The molecule has 0 radical (unpaired) electrons. The highest BCUT2D eigenvalue weighted by Crippen LogP contribution is 2.33. The predicted octanol–water partition coefficient (Wildman–Crippen LogP) is 3.53. The molecule has 2 aromatic carbocycles. The summed E-state index contributed by atoms with van der Waals surface area (Å²) in [7, 11) is 0. The van der Waals surface area contributed by atoms with E-state index in [0.29, 0.717) is 5.13 Å². The van der Waals surface area contributed by atoms with Gasteiger partial charge in [0.1, 0.15) is 5.82 Å². The van der Waals surface area contributed by atoms with Gasteiger partial charge in [0.05, 0.1) is 16.1 Å². The van der Waals surface area contributed by atoms with Crippen molar-refractivity contribution >= 4 is 43.4 Å². The third-order valence-electron chi connectivity index (χ3n) is 4.23. The molecule has 0 saturated carbocycles. The van der Waals surface area contributed by atoms with Gasteiger partial charge in [0, 0.05) is 11.9 Å². The number of fused-ring (bicyclic) bond motifs is 3. The number of nitrogens with one attached hydrogen (secondary N) is 2. The first-order chi connectivity index (χ1) is 11.2. The number of carbonyl (C=O) groups excluding carboxylic acids is 1. The van der Waals surface area contributed by atoms with E-state index in [1.165, 1.54) is 23.5 Å². The lowest BCUT2D eigenvalue weighted by molar-refractivity contribution is -0.120. The van der Waals surface area contributed by atoms with Gasteiger partial charge in [-0.3, -0.25) is 4.79 Å². The van der Waals surface area contributed by atoms with Gasteiger partial charge in [0.2, 0.25) is 5.91 Å². The number of hydrogen-bond donors (Lipinski definition) is 2. The lowest BCUT2D eigenvalue weighted by Crippen LogP contribution is -2.37. The van der Waals surface area contributed by atoms with Crippen molar-refractivity contribution in [3.8, 4) is 0 Å². The van der Waals surface area contributed by atoms with E-state index in [1.807, 2.05) is 12.1 Å². The number of anilines is 1. The van der Waals surface area contributed by atoms with Crippen LogP contribution in [0.4, 0.5) is 9.52 Å². The highest BCUT2D eigenvalue weighted by atomic mass is 32.1. The van der Waals surface area contributed by atoms with Crippen LogP contribution >= 0.6 is 11.3 Å². The fourth-order valence-corrected chi connectivity index (χ4v) is 4.02. The van der Waals surface area contributed by atoms with Gasteiger partial charge in [-0.25, -0.2) is 9.37 Å². The Kier molecular flexibility index (Phi) is 3.71. The third-order valence-corrected chi connectivity index (χ3v) is 5.25. The van der Waals surface area contributed by atoms with Gasteiger partial charge < -0.3 is 10.6 Å². The molecule has 2 N–H and O–H groups in total. The molecule has 1 atom stereocenters. The number of piperidine rings is 1. The summed E-state index contributed by atoms with van der Waals surface area (Å²) in [5.74, 6) is -0.229. The molecule has 0 spiro atoms. The average molecular weight is 329 g/mol. The Morgan fingerprint density at radius 3 is 3.09 bits per heavy atom. The van der Waals surface area contributed by atoms with Gasteiger partial charge in [0.15, 0.2) is 5.13 Å². The molecule has 1 aliphatic heterocycles. The van der Waals surface area contributed by atoms with Gasteiger partial charge in [-0.1, -0.05) is 17.4 Å².